The van der Waals surface area contributed by atoms with Crippen LogP contribution in [0.25, 0.3) is 0 Å². The Morgan fingerprint density at radius 3 is 2.19 bits per heavy atom. The lowest BCUT2D eigenvalue weighted by Crippen LogP contribution is -2.30. The molecule has 0 spiro atoms. The number of amides is 1. The Balaban J connectivity index is 0.000000774. The molecule has 1 aromatic heterocycles. The molecular weight excluding hydrogens is 264 g/mol. The van der Waals surface area contributed by atoms with Gasteiger partial charge in [-0.25, -0.2) is 9.97 Å². The molecule has 1 aromatic rings. The van der Waals surface area contributed by atoms with Crippen LogP contribution in [-0.2, 0) is 0 Å². The van der Waals surface area contributed by atoms with E-state index in [9.17, 15) is 4.79 Å². The quantitative estimate of drug-likeness (QED) is 0.840. The minimum atomic E-state index is 0.0587. The van der Waals surface area contributed by atoms with E-state index >= 15 is 0 Å². The molecule has 0 unspecified atom stereocenters. The normalized spacial score (nSPS) is 17.7. The number of hydrogen-bond acceptors (Lipinski definition) is 4. The van der Waals surface area contributed by atoms with Crippen LogP contribution in [0.15, 0.2) is 6.07 Å². The topological polar surface area (TPSA) is 49.3 Å². The first-order valence-electron chi connectivity index (χ1n) is 8.14. The van der Waals surface area contributed by atoms with E-state index in [0.717, 1.165) is 50.7 Å². The van der Waals surface area contributed by atoms with E-state index in [-0.39, 0.29) is 5.91 Å². The third kappa shape index (κ3) is 3.71. The van der Waals surface area contributed by atoms with E-state index < -0.39 is 0 Å². The van der Waals surface area contributed by atoms with Gasteiger partial charge in [0.25, 0.3) is 5.91 Å². The van der Waals surface area contributed by atoms with Gasteiger partial charge < -0.3 is 9.80 Å². The summed E-state index contributed by atoms with van der Waals surface area (Å²) in [6.45, 7) is 9.66. The second kappa shape index (κ2) is 7.38. The van der Waals surface area contributed by atoms with Crippen LogP contribution < -0.4 is 4.90 Å². The number of anilines is 1. The van der Waals surface area contributed by atoms with Gasteiger partial charge in [0.2, 0.25) is 5.95 Å². The van der Waals surface area contributed by atoms with Gasteiger partial charge in [-0.1, -0.05) is 13.8 Å². The lowest BCUT2D eigenvalue weighted by Gasteiger charge is -2.18. The van der Waals surface area contributed by atoms with Gasteiger partial charge in [0, 0.05) is 31.9 Å². The molecule has 3 rings (SSSR count). The molecule has 0 bridgehead atoms. The summed E-state index contributed by atoms with van der Waals surface area (Å²) < 4.78 is 0. The third-order valence-electron chi connectivity index (χ3n) is 3.84. The summed E-state index contributed by atoms with van der Waals surface area (Å²) in [5, 5.41) is 0. The number of carbonyl (C=O) groups excluding carboxylic acids is 1. The minimum Gasteiger partial charge on any atom is -0.341 e. The van der Waals surface area contributed by atoms with Crippen molar-refractivity contribution in [2.75, 3.05) is 31.1 Å². The lowest BCUT2D eigenvalue weighted by atomic mass is 10.3. The zero-order valence-electron chi connectivity index (χ0n) is 13.4. The van der Waals surface area contributed by atoms with Gasteiger partial charge in [0.15, 0.2) is 0 Å². The molecule has 2 fully saturated rings. The molecule has 3 heterocycles. The molecule has 21 heavy (non-hydrogen) atoms. The first-order valence-corrected chi connectivity index (χ1v) is 8.14. The summed E-state index contributed by atoms with van der Waals surface area (Å²) in [6.07, 6.45) is 4.59. The van der Waals surface area contributed by atoms with E-state index in [2.05, 4.69) is 14.9 Å². The zero-order chi connectivity index (χ0) is 15.2. The molecule has 0 N–H and O–H groups in total. The largest absolute Gasteiger partial charge is 0.341 e. The molecule has 0 aliphatic carbocycles. The lowest BCUT2D eigenvalue weighted by molar-refractivity contribution is 0.0787. The highest BCUT2D eigenvalue weighted by Gasteiger charge is 2.23. The molecule has 1 amide bonds. The molecule has 0 atom stereocenters. The molecule has 2 saturated heterocycles. The van der Waals surface area contributed by atoms with Gasteiger partial charge in [-0.15, -0.1) is 0 Å². The van der Waals surface area contributed by atoms with Crippen molar-refractivity contribution in [3.63, 3.8) is 0 Å². The highest BCUT2D eigenvalue weighted by Crippen LogP contribution is 2.18. The van der Waals surface area contributed by atoms with Gasteiger partial charge in [0.1, 0.15) is 5.69 Å². The van der Waals surface area contributed by atoms with E-state index in [1.165, 1.54) is 12.8 Å². The molecule has 0 radical (unpaired) electrons. The molecule has 5 heteroatoms. The van der Waals surface area contributed by atoms with Crippen molar-refractivity contribution >= 4 is 11.9 Å². The number of aryl methyl sites for hydroxylation is 1. The second-order valence-electron chi connectivity index (χ2n) is 5.39. The smallest absolute Gasteiger partial charge is 0.272 e. The van der Waals surface area contributed by atoms with Crippen LogP contribution >= 0.6 is 0 Å². The van der Waals surface area contributed by atoms with Crippen LogP contribution in [0.5, 0.6) is 0 Å². The van der Waals surface area contributed by atoms with Gasteiger partial charge in [-0.3, -0.25) is 4.79 Å². The summed E-state index contributed by atoms with van der Waals surface area (Å²) in [5.74, 6) is 0.781. The minimum absolute atomic E-state index is 0.0587. The standard InChI is InChI=1S/C14H20N4O.C2H6/c1-11-10-12(13(19)17-6-2-3-7-17)16-14(15-11)18-8-4-5-9-18;1-2/h10H,2-9H2,1H3;1-2H3. The number of hydrogen-bond donors (Lipinski definition) is 0. The number of carbonyl (C=O) groups is 1. The van der Waals surface area contributed by atoms with Crippen molar-refractivity contribution in [1.29, 1.82) is 0 Å². The molecular formula is C16H26N4O. The SMILES string of the molecule is CC.Cc1cc(C(=O)N2CCCC2)nc(N2CCCC2)n1. The van der Waals surface area contributed by atoms with Crippen molar-refractivity contribution in [1.82, 2.24) is 14.9 Å². The van der Waals surface area contributed by atoms with Crippen LogP contribution in [0.1, 0.15) is 55.7 Å². The molecule has 116 valence electrons. The van der Waals surface area contributed by atoms with Crippen molar-refractivity contribution in [3.8, 4) is 0 Å². The van der Waals surface area contributed by atoms with Crippen molar-refractivity contribution in [2.45, 2.75) is 46.5 Å². The Labute approximate surface area is 127 Å². The Morgan fingerprint density at radius 2 is 1.57 bits per heavy atom. The fourth-order valence-corrected chi connectivity index (χ4v) is 2.80. The summed E-state index contributed by atoms with van der Waals surface area (Å²) in [5.41, 5.74) is 1.43. The van der Waals surface area contributed by atoms with Crippen LogP contribution in [0.2, 0.25) is 0 Å². The first kappa shape index (κ1) is 15.7. The maximum atomic E-state index is 12.4. The highest BCUT2D eigenvalue weighted by molar-refractivity contribution is 5.92. The summed E-state index contributed by atoms with van der Waals surface area (Å²) in [7, 11) is 0. The molecule has 2 aliphatic rings. The number of aromatic nitrogens is 2. The van der Waals surface area contributed by atoms with Crippen molar-refractivity contribution in [2.24, 2.45) is 0 Å². The predicted molar refractivity (Wildman–Crippen MR) is 84.7 cm³/mol. The average Bonchev–Trinajstić information content (AvgIpc) is 3.21. The second-order valence-corrected chi connectivity index (χ2v) is 5.39. The van der Waals surface area contributed by atoms with E-state index in [4.69, 9.17) is 0 Å². The van der Waals surface area contributed by atoms with E-state index in [1.807, 2.05) is 25.7 Å². The average molecular weight is 290 g/mol. The Kier molecular flexibility index (Phi) is 5.53. The molecule has 5 nitrogen and oxygen atoms in total. The van der Waals surface area contributed by atoms with Gasteiger partial charge in [-0.2, -0.15) is 0 Å². The van der Waals surface area contributed by atoms with E-state index in [0.29, 0.717) is 5.69 Å². The number of rotatable bonds is 2. The zero-order valence-corrected chi connectivity index (χ0v) is 13.4. The van der Waals surface area contributed by atoms with Crippen LogP contribution in [0.4, 0.5) is 5.95 Å². The van der Waals surface area contributed by atoms with Crippen LogP contribution in [0.3, 0.4) is 0 Å². The Morgan fingerprint density at radius 1 is 1.00 bits per heavy atom. The summed E-state index contributed by atoms with van der Waals surface area (Å²) in [4.78, 5) is 25.4. The van der Waals surface area contributed by atoms with Crippen LogP contribution in [0, 0.1) is 6.92 Å². The van der Waals surface area contributed by atoms with Gasteiger partial charge in [0.05, 0.1) is 0 Å². The maximum Gasteiger partial charge on any atom is 0.272 e. The van der Waals surface area contributed by atoms with Crippen LogP contribution in [-0.4, -0.2) is 47.0 Å². The number of nitrogens with zero attached hydrogens (tertiary/aromatic N) is 4. The molecule has 0 aromatic carbocycles. The monoisotopic (exact) mass is 290 g/mol. The maximum absolute atomic E-state index is 12.4. The van der Waals surface area contributed by atoms with Crippen molar-refractivity contribution < 1.29 is 4.79 Å². The van der Waals surface area contributed by atoms with E-state index in [1.54, 1.807) is 6.07 Å². The fourth-order valence-electron chi connectivity index (χ4n) is 2.80. The Bertz CT molecular complexity index is 477. The molecule has 2 aliphatic heterocycles. The molecule has 0 saturated carbocycles. The van der Waals surface area contributed by atoms with Gasteiger partial charge >= 0.3 is 0 Å². The number of likely N-dealkylation sites (tertiary alicyclic amines) is 1. The van der Waals surface area contributed by atoms with Gasteiger partial charge in [-0.05, 0) is 38.7 Å². The summed E-state index contributed by atoms with van der Waals surface area (Å²) in [6, 6.07) is 1.81. The third-order valence-corrected chi connectivity index (χ3v) is 3.84. The summed E-state index contributed by atoms with van der Waals surface area (Å²) >= 11 is 0. The highest BCUT2D eigenvalue weighted by atomic mass is 16.2. The predicted octanol–water partition coefficient (Wildman–Crippen LogP) is 2.65. The first-order chi connectivity index (χ1) is 10.2. The van der Waals surface area contributed by atoms with Crippen molar-refractivity contribution in [3.05, 3.63) is 17.5 Å². The Hall–Kier alpha value is -1.65. The fraction of sp³-hybridized carbons (Fsp3) is 0.688.